The molecule has 11 heavy (non-hydrogen) atoms. The van der Waals surface area contributed by atoms with Gasteiger partial charge in [0.05, 0.1) is 18.8 Å². The molecule has 0 spiro atoms. The van der Waals surface area contributed by atoms with E-state index in [4.69, 9.17) is 4.74 Å². The predicted molar refractivity (Wildman–Crippen MR) is 41.8 cm³/mol. The van der Waals surface area contributed by atoms with E-state index in [0.717, 1.165) is 10.2 Å². The van der Waals surface area contributed by atoms with Crippen molar-refractivity contribution in [3.05, 3.63) is 11.7 Å². The lowest BCUT2D eigenvalue weighted by molar-refractivity contribution is 0.398. The summed E-state index contributed by atoms with van der Waals surface area (Å²) in [5.74, 6) is 0.546. The molecule has 0 radical (unpaired) electrons. The lowest BCUT2D eigenvalue weighted by atomic mass is 10.5. The van der Waals surface area contributed by atoms with Crippen molar-refractivity contribution in [1.29, 1.82) is 0 Å². The highest BCUT2D eigenvalue weighted by atomic mass is 32.1. The van der Waals surface area contributed by atoms with Crippen molar-refractivity contribution < 1.29 is 4.74 Å². The van der Waals surface area contributed by atoms with Gasteiger partial charge in [0, 0.05) is 0 Å². The second-order valence-electron chi connectivity index (χ2n) is 1.92. The number of nitrogens with zero attached hydrogens (tertiary/aromatic N) is 3. The summed E-state index contributed by atoms with van der Waals surface area (Å²) in [6.07, 6.45) is 1.62. The average Bonchev–Trinajstić information content (AvgIpc) is 2.50. The van der Waals surface area contributed by atoms with E-state index in [1.54, 1.807) is 18.8 Å². The largest absolute Gasteiger partial charge is 0.479 e. The van der Waals surface area contributed by atoms with Crippen LogP contribution in [0.1, 0.15) is 0 Å². The van der Waals surface area contributed by atoms with Crippen LogP contribution in [0.3, 0.4) is 0 Å². The summed E-state index contributed by atoms with van der Waals surface area (Å²) >= 11 is 1.50. The lowest BCUT2D eigenvalue weighted by Gasteiger charge is -1.95. The van der Waals surface area contributed by atoms with Crippen molar-refractivity contribution in [2.45, 2.75) is 0 Å². The highest BCUT2D eigenvalue weighted by molar-refractivity contribution is 7.17. The van der Waals surface area contributed by atoms with E-state index in [0.29, 0.717) is 5.88 Å². The number of aromatic nitrogens is 3. The molecule has 0 aliphatic carbocycles. The van der Waals surface area contributed by atoms with E-state index in [-0.39, 0.29) is 0 Å². The molecule has 0 saturated carbocycles. The highest BCUT2D eigenvalue weighted by Crippen LogP contribution is 2.24. The molecule has 0 saturated heterocycles. The van der Waals surface area contributed by atoms with Crippen LogP contribution in [0.25, 0.3) is 10.2 Å². The Labute approximate surface area is 66.9 Å². The zero-order chi connectivity index (χ0) is 7.68. The van der Waals surface area contributed by atoms with Crippen LogP contribution in [0.15, 0.2) is 11.7 Å². The van der Waals surface area contributed by atoms with Crippen molar-refractivity contribution in [3.63, 3.8) is 0 Å². The summed E-state index contributed by atoms with van der Waals surface area (Å²) < 4.78 is 5.93. The standard InChI is InChI=1S/C6H5N3OS/c1-10-6-5-4(2-8-9-6)7-3-11-5/h2-3H,1H3. The number of methoxy groups -OCH3 is 1. The van der Waals surface area contributed by atoms with Gasteiger partial charge in [-0.05, 0) is 0 Å². The summed E-state index contributed by atoms with van der Waals surface area (Å²) in [6.45, 7) is 0. The van der Waals surface area contributed by atoms with Crippen molar-refractivity contribution in [2.75, 3.05) is 7.11 Å². The first-order chi connectivity index (χ1) is 5.42. The fraction of sp³-hybridized carbons (Fsp3) is 0.167. The first-order valence-corrected chi connectivity index (χ1v) is 3.88. The molecule has 0 amide bonds. The Balaban J connectivity index is 2.79. The van der Waals surface area contributed by atoms with E-state index < -0.39 is 0 Å². The van der Waals surface area contributed by atoms with Gasteiger partial charge < -0.3 is 4.74 Å². The lowest BCUT2D eigenvalue weighted by Crippen LogP contribution is -1.89. The molecule has 0 fully saturated rings. The van der Waals surface area contributed by atoms with Crippen molar-refractivity contribution in [3.8, 4) is 5.88 Å². The predicted octanol–water partition coefficient (Wildman–Crippen LogP) is 1.09. The second kappa shape index (κ2) is 2.43. The minimum atomic E-state index is 0.546. The van der Waals surface area contributed by atoms with Gasteiger partial charge in [-0.2, -0.15) is 5.10 Å². The Morgan fingerprint density at radius 2 is 2.45 bits per heavy atom. The van der Waals surface area contributed by atoms with Gasteiger partial charge in [-0.3, -0.25) is 0 Å². The van der Waals surface area contributed by atoms with Crippen LogP contribution in [-0.4, -0.2) is 22.3 Å². The molecule has 0 aromatic carbocycles. The first kappa shape index (κ1) is 6.48. The minimum Gasteiger partial charge on any atom is -0.479 e. The van der Waals surface area contributed by atoms with Gasteiger partial charge >= 0.3 is 0 Å². The van der Waals surface area contributed by atoms with Gasteiger partial charge in [-0.25, -0.2) is 4.98 Å². The van der Waals surface area contributed by atoms with Gasteiger partial charge in [-0.15, -0.1) is 16.4 Å². The fourth-order valence-corrected chi connectivity index (χ4v) is 1.54. The second-order valence-corrected chi connectivity index (χ2v) is 2.78. The number of ether oxygens (including phenoxy) is 1. The monoisotopic (exact) mass is 167 g/mol. The normalized spacial score (nSPS) is 10.3. The van der Waals surface area contributed by atoms with Gasteiger partial charge in [0.15, 0.2) is 0 Å². The molecule has 2 heterocycles. The van der Waals surface area contributed by atoms with Crippen molar-refractivity contribution in [1.82, 2.24) is 15.2 Å². The molecule has 2 rings (SSSR count). The molecule has 0 atom stereocenters. The van der Waals surface area contributed by atoms with Crippen LogP contribution >= 0.6 is 11.3 Å². The number of thiazole rings is 1. The van der Waals surface area contributed by atoms with Crippen LogP contribution in [0, 0.1) is 0 Å². The fourth-order valence-electron chi connectivity index (χ4n) is 0.822. The third-order valence-electron chi connectivity index (χ3n) is 1.31. The Bertz CT molecular complexity index is 373. The van der Waals surface area contributed by atoms with E-state index in [1.165, 1.54) is 11.3 Å². The van der Waals surface area contributed by atoms with Crippen LogP contribution in [0.4, 0.5) is 0 Å². The maximum absolute atomic E-state index is 4.98. The quantitative estimate of drug-likeness (QED) is 0.638. The number of fused-ring (bicyclic) bond motifs is 1. The topological polar surface area (TPSA) is 47.9 Å². The molecule has 56 valence electrons. The smallest absolute Gasteiger partial charge is 0.252 e. The zero-order valence-corrected chi connectivity index (χ0v) is 6.63. The van der Waals surface area contributed by atoms with Crippen molar-refractivity contribution in [2.24, 2.45) is 0 Å². The van der Waals surface area contributed by atoms with E-state index in [2.05, 4.69) is 15.2 Å². The van der Waals surface area contributed by atoms with E-state index in [1.807, 2.05) is 0 Å². The Hall–Kier alpha value is -1.23. The summed E-state index contributed by atoms with van der Waals surface area (Å²) in [6, 6.07) is 0. The molecule has 0 unspecified atom stereocenters. The minimum absolute atomic E-state index is 0.546. The average molecular weight is 167 g/mol. The van der Waals surface area contributed by atoms with E-state index in [9.17, 15) is 0 Å². The maximum Gasteiger partial charge on any atom is 0.252 e. The number of hydrogen-bond donors (Lipinski definition) is 0. The third kappa shape index (κ3) is 0.932. The maximum atomic E-state index is 4.98. The molecule has 0 N–H and O–H groups in total. The summed E-state index contributed by atoms with van der Waals surface area (Å²) in [5, 5.41) is 7.52. The number of rotatable bonds is 1. The number of hydrogen-bond acceptors (Lipinski definition) is 5. The van der Waals surface area contributed by atoms with Crippen LogP contribution in [0.2, 0.25) is 0 Å². The zero-order valence-electron chi connectivity index (χ0n) is 5.81. The van der Waals surface area contributed by atoms with Crippen molar-refractivity contribution >= 4 is 21.6 Å². The molecule has 0 aliphatic rings. The van der Waals surface area contributed by atoms with Gasteiger partial charge in [0.2, 0.25) is 0 Å². The molecular weight excluding hydrogens is 162 g/mol. The molecule has 2 aromatic heterocycles. The van der Waals surface area contributed by atoms with Gasteiger partial charge in [0.1, 0.15) is 10.2 Å². The van der Waals surface area contributed by atoms with Gasteiger partial charge in [0.25, 0.3) is 5.88 Å². The van der Waals surface area contributed by atoms with Gasteiger partial charge in [-0.1, -0.05) is 0 Å². The molecule has 4 nitrogen and oxygen atoms in total. The summed E-state index contributed by atoms with van der Waals surface area (Å²) in [4.78, 5) is 4.06. The molecule has 2 aromatic rings. The van der Waals surface area contributed by atoms with Crippen LogP contribution in [0.5, 0.6) is 5.88 Å². The Morgan fingerprint density at radius 1 is 1.55 bits per heavy atom. The SMILES string of the molecule is COc1nncc2ncsc12. The summed E-state index contributed by atoms with van der Waals surface area (Å²) in [7, 11) is 1.57. The Morgan fingerprint density at radius 3 is 3.27 bits per heavy atom. The van der Waals surface area contributed by atoms with E-state index >= 15 is 0 Å². The molecule has 0 aliphatic heterocycles. The summed E-state index contributed by atoms with van der Waals surface area (Å²) in [5.41, 5.74) is 2.58. The Kier molecular flexibility index (Phi) is 1.43. The molecule has 5 heteroatoms. The molecular formula is C6H5N3OS. The first-order valence-electron chi connectivity index (χ1n) is 3.00. The molecule has 0 bridgehead atoms. The van der Waals surface area contributed by atoms with Crippen LogP contribution in [-0.2, 0) is 0 Å². The highest BCUT2D eigenvalue weighted by Gasteiger charge is 2.04. The third-order valence-corrected chi connectivity index (χ3v) is 2.14. The van der Waals surface area contributed by atoms with Crippen LogP contribution < -0.4 is 4.74 Å².